The monoisotopic (exact) mass is 263 g/mol. The van der Waals surface area contributed by atoms with Gasteiger partial charge in [-0.3, -0.25) is 4.79 Å². The van der Waals surface area contributed by atoms with Crippen LogP contribution in [0.3, 0.4) is 0 Å². The molecular weight excluding hydrogens is 242 g/mol. The highest BCUT2D eigenvalue weighted by atomic mass is 32.2. The first-order valence-corrected chi connectivity index (χ1v) is 7.74. The number of nitrogens with one attached hydrogen (secondary N) is 1. The minimum absolute atomic E-state index is 0.0512. The lowest BCUT2D eigenvalue weighted by atomic mass is 10.2. The molecule has 1 rings (SSSR count). The molecule has 1 heterocycles. The minimum Gasteiger partial charge on any atom is -0.368 e. The number of hydrogen-bond donors (Lipinski definition) is 1. The average Bonchev–Trinajstić information content (AvgIpc) is 2.54. The van der Waals surface area contributed by atoms with Crippen molar-refractivity contribution >= 4 is 15.7 Å². The molecule has 1 amide bonds. The van der Waals surface area contributed by atoms with E-state index in [9.17, 15) is 13.2 Å². The first-order chi connectivity index (χ1) is 7.80. The molecule has 17 heavy (non-hydrogen) atoms. The highest BCUT2D eigenvalue weighted by Crippen LogP contribution is 2.11. The molecule has 0 spiro atoms. The van der Waals surface area contributed by atoms with E-state index in [-0.39, 0.29) is 23.5 Å². The van der Waals surface area contributed by atoms with Crippen LogP contribution in [0, 0.1) is 5.92 Å². The number of rotatable bonds is 5. The van der Waals surface area contributed by atoms with Crippen LogP contribution in [0.15, 0.2) is 0 Å². The van der Waals surface area contributed by atoms with E-state index in [1.54, 1.807) is 6.92 Å². The summed E-state index contributed by atoms with van der Waals surface area (Å²) in [6.07, 6.45) is -0.0222. The average molecular weight is 263 g/mol. The van der Waals surface area contributed by atoms with Gasteiger partial charge in [-0.15, -0.1) is 0 Å². The lowest BCUT2D eigenvalue weighted by molar-refractivity contribution is -0.132. The van der Waals surface area contributed by atoms with Crippen LogP contribution < -0.4 is 5.32 Å². The van der Waals surface area contributed by atoms with E-state index in [0.717, 1.165) is 0 Å². The lowest BCUT2D eigenvalue weighted by Gasteiger charge is -2.17. The van der Waals surface area contributed by atoms with Gasteiger partial charge in [-0.2, -0.15) is 0 Å². The Morgan fingerprint density at radius 1 is 1.41 bits per heavy atom. The van der Waals surface area contributed by atoms with Gasteiger partial charge < -0.3 is 10.1 Å². The first-order valence-electron chi connectivity index (χ1n) is 5.92. The summed E-state index contributed by atoms with van der Waals surface area (Å²) in [5.41, 5.74) is 0. The number of ether oxygens (including phenoxy) is 1. The molecule has 2 unspecified atom stereocenters. The standard InChI is InChI=1S/C11H21NO4S/c1-8(2)6-16-9(3)11(13)12-10-4-5-17(14,15)7-10/h8-10H,4-7H2,1-3H3,(H,12,13). The first kappa shape index (κ1) is 14.4. The van der Waals surface area contributed by atoms with Crippen LogP contribution in [0.2, 0.25) is 0 Å². The van der Waals surface area contributed by atoms with Gasteiger partial charge in [0, 0.05) is 12.6 Å². The molecule has 5 nitrogen and oxygen atoms in total. The van der Waals surface area contributed by atoms with E-state index in [1.165, 1.54) is 0 Å². The molecule has 0 radical (unpaired) electrons. The van der Waals surface area contributed by atoms with Crippen molar-refractivity contribution in [2.45, 2.75) is 39.3 Å². The van der Waals surface area contributed by atoms with E-state index in [2.05, 4.69) is 5.32 Å². The van der Waals surface area contributed by atoms with E-state index >= 15 is 0 Å². The third-order valence-corrected chi connectivity index (χ3v) is 4.40. The Morgan fingerprint density at radius 2 is 2.06 bits per heavy atom. The van der Waals surface area contributed by atoms with Crippen molar-refractivity contribution in [1.82, 2.24) is 5.32 Å². The van der Waals surface area contributed by atoms with E-state index in [0.29, 0.717) is 18.9 Å². The highest BCUT2D eigenvalue weighted by molar-refractivity contribution is 7.91. The van der Waals surface area contributed by atoms with Crippen LogP contribution in [0.1, 0.15) is 27.2 Å². The Morgan fingerprint density at radius 3 is 2.53 bits per heavy atom. The van der Waals surface area contributed by atoms with Crippen LogP contribution >= 0.6 is 0 Å². The lowest BCUT2D eigenvalue weighted by Crippen LogP contribution is -2.42. The van der Waals surface area contributed by atoms with Crippen molar-refractivity contribution < 1.29 is 17.9 Å². The summed E-state index contributed by atoms with van der Waals surface area (Å²) < 4.78 is 27.8. The van der Waals surface area contributed by atoms with Crippen LogP contribution in [0.5, 0.6) is 0 Å². The normalized spacial score (nSPS) is 24.8. The zero-order valence-corrected chi connectivity index (χ0v) is 11.4. The fraction of sp³-hybridized carbons (Fsp3) is 0.909. The number of carbonyl (C=O) groups is 1. The minimum atomic E-state index is -2.95. The molecule has 0 bridgehead atoms. The molecule has 0 aromatic rings. The van der Waals surface area contributed by atoms with Gasteiger partial charge in [0.25, 0.3) is 0 Å². The van der Waals surface area contributed by atoms with Crippen molar-refractivity contribution in [3.63, 3.8) is 0 Å². The van der Waals surface area contributed by atoms with Crippen molar-refractivity contribution in [3.8, 4) is 0 Å². The van der Waals surface area contributed by atoms with Gasteiger partial charge in [0.1, 0.15) is 6.10 Å². The second-order valence-corrected chi connectivity index (χ2v) is 7.21. The predicted molar refractivity (Wildman–Crippen MR) is 65.5 cm³/mol. The van der Waals surface area contributed by atoms with Crippen LogP contribution in [0.25, 0.3) is 0 Å². The molecule has 1 N–H and O–H groups in total. The molecule has 100 valence electrons. The van der Waals surface area contributed by atoms with Gasteiger partial charge in [-0.25, -0.2) is 8.42 Å². The number of hydrogen-bond acceptors (Lipinski definition) is 4. The summed E-state index contributed by atoms with van der Waals surface area (Å²) >= 11 is 0. The van der Waals surface area contributed by atoms with E-state index in [4.69, 9.17) is 4.74 Å². The maximum Gasteiger partial charge on any atom is 0.249 e. The van der Waals surface area contributed by atoms with Crippen molar-refractivity contribution in [3.05, 3.63) is 0 Å². The summed E-state index contributed by atoms with van der Waals surface area (Å²) in [6.45, 7) is 6.22. The molecule has 1 saturated heterocycles. The van der Waals surface area contributed by atoms with Crippen LogP contribution in [0.4, 0.5) is 0 Å². The fourth-order valence-electron chi connectivity index (χ4n) is 1.64. The second-order valence-electron chi connectivity index (χ2n) is 4.98. The Balaban J connectivity index is 2.34. The van der Waals surface area contributed by atoms with Gasteiger partial charge in [-0.1, -0.05) is 13.8 Å². The fourth-order valence-corrected chi connectivity index (χ4v) is 3.31. The molecule has 0 aliphatic carbocycles. The number of amides is 1. The van der Waals surface area contributed by atoms with Gasteiger partial charge in [0.05, 0.1) is 11.5 Å². The molecule has 6 heteroatoms. The molecule has 2 atom stereocenters. The van der Waals surface area contributed by atoms with Gasteiger partial charge in [0.15, 0.2) is 9.84 Å². The maximum atomic E-state index is 11.7. The van der Waals surface area contributed by atoms with Gasteiger partial charge in [-0.05, 0) is 19.3 Å². The largest absolute Gasteiger partial charge is 0.368 e. The van der Waals surface area contributed by atoms with E-state index < -0.39 is 15.9 Å². The van der Waals surface area contributed by atoms with Gasteiger partial charge in [0.2, 0.25) is 5.91 Å². The number of sulfone groups is 1. The van der Waals surface area contributed by atoms with Gasteiger partial charge >= 0.3 is 0 Å². The summed E-state index contributed by atoms with van der Waals surface area (Å²) in [6, 6.07) is -0.252. The summed E-state index contributed by atoms with van der Waals surface area (Å²) in [7, 11) is -2.95. The molecule has 0 aromatic carbocycles. The predicted octanol–water partition coefficient (Wildman–Crippen LogP) is 0.351. The maximum absolute atomic E-state index is 11.7. The smallest absolute Gasteiger partial charge is 0.249 e. The Hall–Kier alpha value is -0.620. The molecule has 1 aliphatic rings. The topological polar surface area (TPSA) is 72.5 Å². The van der Waals surface area contributed by atoms with Crippen molar-refractivity contribution in [2.75, 3.05) is 18.1 Å². The zero-order chi connectivity index (χ0) is 13.1. The third-order valence-electron chi connectivity index (χ3n) is 2.63. The molecule has 0 aromatic heterocycles. The van der Waals surface area contributed by atoms with Crippen molar-refractivity contribution in [2.24, 2.45) is 5.92 Å². The molecule has 1 fully saturated rings. The Labute approximate surface area is 103 Å². The number of carbonyl (C=O) groups excluding carboxylic acids is 1. The summed E-state index contributed by atoms with van der Waals surface area (Å²) in [5.74, 6) is 0.360. The van der Waals surface area contributed by atoms with Crippen LogP contribution in [-0.2, 0) is 19.4 Å². The highest BCUT2D eigenvalue weighted by Gasteiger charge is 2.30. The summed E-state index contributed by atoms with van der Waals surface area (Å²) in [5, 5.41) is 2.71. The molecular formula is C11H21NO4S. The Kier molecular flexibility index (Phi) is 4.94. The molecule has 0 saturated carbocycles. The van der Waals surface area contributed by atoms with E-state index in [1.807, 2.05) is 13.8 Å². The zero-order valence-electron chi connectivity index (χ0n) is 10.6. The van der Waals surface area contributed by atoms with Crippen LogP contribution in [-0.4, -0.2) is 44.6 Å². The SMILES string of the molecule is CC(C)COC(C)C(=O)NC1CCS(=O)(=O)C1. The third kappa shape index (κ3) is 5.04. The quantitative estimate of drug-likeness (QED) is 0.777. The van der Waals surface area contributed by atoms with Crippen molar-refractivity contribution in [1.29, 1.82) is 0 Å². The second kappa shape index (κ2) is 5.82. The Bertz CT molecular complexity index is 364. The molecule has 1 aliphatic heterocycles. The summed E-state index contributed by atoms with van der Waals surface area (Å²) in [4.78, 5) is 11.7.